The van der Waals surface area contributed by atoms with Crippen molar-refractivity contribution in [3.63, 3.8) is 0 Å². The highest BCUT2D eigenvalue weighted by atomic mass is 32.2. The molecule has 2 aliphatic heterocycles. The van der Waals surface area contributed by atoms with E-state index in [1.807, 2.05) is 7.05 Å². The van der Waals surface area contributed by atoms with E-state index in [0.717, 1.165) is 19.4 Å². The number of thioether (sulfide) groups is 1. The van der Waals surface area contributed by atoms with Crippen LogP contribution < -0.4 is 5.32 Å². The summed E-state index contributed by atoms with van der Waals surface area (Å²) in [6.07, 6.45) is 2.75. The standard InChI is InChI=1S/C14H22N4O4S2/c1-18-13(10-4-6-24(20,21)9-10)16-17-14(18)23-8-12(19)15-7-11-3-2-5-22-11/h10-11H,2-9H2,1H3,(H,15,19)/t10-,11-/m0/s1. The van der Waals surface area contributed by atoms with Crippen molar-refractivity contribution in [3.8, 4) is 0 Å². The van der Waals surface area contributed by atoms with Crippen molar-refractivity contribution in [1.82, 2.24) is 20.1 Å². The second-order valence-corrected chi connectivity index (χ2v) is 9.40. The second kappa shape index (κ2) is 7.40. The molecule has 134 valence electrons. The predicted molar refractivity (Wildman–Crippen MR) is 89.7 cm³/mol. The van der Waals surface area contributed by atoms with E-state index < -0.39 is 9.84 Å². The first-order valence-corrected chi connectivity index (χ1v) is 10.9. The van der Waals surface area contributed by atoms with Crippen LogP contribution in [0.1, 0.15) is 31.0 Å². The SMILES string of the molecule is Cn1c(SCC(=O)NC[C@@H]2CCCO2)nnc1[C@H]1CCS(=O)(=O)C1. The highest BCUT2D eigenvalue weighted by Gasteiger charge is 2.32. The molecule has 2 saturated heterocycles. The van der Waals surface area contributed by atoms with Crippen LogP contribution in [-0.2, 0) is 26.4 Å². The summed E-state index contributed by atoms with van der Waals surface area (Å²) >= 11 is 1.30. The van der Waals surface area contributed by atoms with Gasteiger partial charge in [-0.25, -0.2) is 8.42 Å². The zero-order chi connectivity index (χ0) is 17.2. The van der Waals surface area contributed by atoms with Gasteiger partial charge in [0.25, 0.3) is 0 Å². The van der Waals surface area contributed by atoms with Crippen LogP contribution in [0, 0.1) is 0 Å². The van der Waals surface area contributed by atoms with Crippen LogP contribution in [-0.4, -0.2) is 65.6 Å². The lowest BCUT2D eigenvalue weighted by molar-refractivity contribution is -0.119. The first-order valence-electron chi connectivity index (χ1n) is 8.05. The van der Waals surface area contributed by atoms with E-state index in [4.69, 9.17) is 4.74 Å². The fourth-order valence-electron chi connectivity index (χ4n) is 3.02. The van der Waals surface area contributed by atoms with E-state index in [-0.39, 0.29) is 35.2 Å². The number of aromatic nitrogens is 3. The smallest absolute Gasteiger partial charge is 0.230 e. The van der Waals surface area contributed by atoms with Gasteiger partial charge in [0.15, 0.2) is 15.0 Å². The molecule has 2 atom stereocenters. The van der Waals surface area contributed by atoms with Crippen molar-refractivity contribution in [3.05, 3.63) is 5.82 Å². The maximum absolute atomic E-state index is 11.9. The highest BCUT2D eigenvalue weighted by Crippen LogP contribution is 2.29. The minimum atomic E-state index is -2.96. The maximum atomic E-state index is 11.9. The largest absolute Gasteiger partial charge is 0.376 e. The van der Waals surface area contributed by atoms with Crippen molar-refractivity contribution in [2.75, 3.05) is 30.4 Å². The molecule has 0 spiro atoms. The topological polar surface area (TPSA) is 103 Å². The summed E-state index contributed by atoms with van der Waals surface area (Å²) in [6, 6.07) is 0. The number of rotatable bonds is 6. The number of hydrogen-bond donors (Lipinski definition) is 1. The Bertz CT molecular complexity index is 698. The monoisotopic (exact) mass is 374 g/mol. The maximum Gasteiger partial charge on any atom is 0.230 e. The lowest BCUT2D eigenvalue weighted by atomic mass is 10.1. The highest BCUT2D eigenvalue weighted by molar-refractivity contribution is 7.99. The van der Waals surface area contributed by atoms with E-state index in [9.17, 15) is 13.2 Å². The van der Waals surface area contributed by atoms with Crippen LogP contribution in [0.2, 0.25) is 0 Å². The van der Waals surface area contributed by atoms with Crippen LogP contribution >= 0.6 is 11.8 Å². The lowest BCUT2D eigenvalue weighted by Gasteiger charge is -2.10. The van der Waals surface area contributed by atoms with Crippen LogP contribution in [0.25, 0.3) is 0 Å². The number of ether oxygens (including phenoxy) is 1. The summed E-state index contributed by atoms with van der Waals surface area (Å²) in [7, 11) is -1.14. The van der Waals surface area contributed by atoms with Gasteiger partial charge in [-0.3, -0.25) is 4.79 Å². The molecular weight excluding hydrogens is 352 g/mol. The van der Waals surface area contributed by atoms with Gasteiger partial charge in [-0.15, -0.1) is 10.2 Å². The van der Waals surface area contributed by atoms with Gasteiger partial charge >= 0.3 is 0 Å². The van der Waals surface area contributed by atoms with Crippen LogP contribution in [0.4, 0.5) is 0 Å². The third-order valence-corrected chi connectivity index (χ3v) is 7.14. The number of nitrogens with one attached hydrogen (secondary N) is 1. The Balaban J connectivity index is 1.50. The van der Waals surface area contributed by atoms with Crippen molar-refractivity contribution in [2.45, 2.75) is 36.4 Å². The Morgan fingerprint density at radius 1 is 1.42 bits per heavy atom. The minimum Gasteiger partial charge on any atom is -0.376 e. The molecule has 0 aliphatic carbocycles. The normalized spacial score (nSPS) is 25.9. The zero-order valence-corrected chi connectivity index (χ0v) is 15.2. The van der Waals surface area contributed by atoms with E-state index >= 15 is 0 Å². The molecule has 0 saturated carbocycles. The molecule has 1 amide bonds. The molecular formula is C14H22N4O4S2. The second-order valence-electron chi connectivity index (χ2n) is 6.23. The van der Waals surface area contributed by atoms with Crippen LogP contribution in [0.5, 0.6) is 0 Å². The van der Waals surface area contributed by atoms with Gasteiger partial charge in [0.05, 0.1) is 23.4 Å². The lowest BCUT2D eigenvalue weighted by Crippen LogP contribution is -2.32. The Labute approximate surface area is 145 Å². The third-order valence-electron chi connectivity index (χ3n) is 4.35. The summed E-state index contributed by atoms with van der Waals surface area (Å²) in [5.74, 6) is 1.10. The molecule has 2 aliphatic rings. The van der Waals surface area contributed by atoms with Crippen molar-refractivity contribution < 1.29 is 17.9 Å². The number of hydrogen-bond acceptors (Lipinski definition) is 7. The fraction of sp³-hybridized carbons (Fsp3) is 0.786. The molecule has 0 aromatic carbocycles. The third kappa shape index (κ3) is 4.28. The van der Waals surface area contributed by atoms with Gasteiger partial charge in [-0.05, 0) is 19.3 Å². The molecule has 0 radical (unpaired) electrons. The van der Waals surface area contributed by atoms with Crippen LogP contribution in [0.3, 0.4) is 0 Å². The summed E-state index contributed by atoms with van der Waals surface area (Å²) in [5.41, 5.74) is 0. The summed E-state index contributed by atoms with van der Waals surface area (Å²) < 4.78 is 30.5. The first kappa shape index (κ1) is 17.7. The van der Waals surface area contributed by atoms with Crippen molar-refractivity contribution in [1.29, 1.82) is 0 Å². The predicted octanol–water partition coefficient (Wildman–Crippen LogP) is 0.105. The van der Waals surface area contributed by atoms with E-state index in [1.54, 1.807) is 4.57 Å². The zero-order valence-electron chi connectivity index (χ0n) is 13.6. The summed E-state index contributed by atoms with van der Waals surface area (Å²) in [4.78, 5) is 11.9. The van der Waals surface area contributed by atoms with Gasteiger partial charge in [-0.1, -0.05) is 11.8 Å². The number of carbonyl (C=O) groups is 1. The van der Waals surface area contributed by atoms with E-state index in [0.29, 0.717) is 23.9 Å². The first-order chi connectivity index (χ1) is 11.4. The van der Waals surface area contributed by atoms with Crippen molar-refractivity contribution >= 4 is 27.5 Å². The summed E-state index contributed by atoms with van der Waals surface area (Å²) in [5, 5.41) is 11.7. The molecule has 3 rings (SSSR count). The Morgan fingerprint density at radius 3 is 2.92 bits per heavy atom. The van der Waals surface area contributed by atoms with Crippen molar-refractivity contribution in [2.24, 2.45) is 7.05 Å². The molecule has 1 aromatic rings. The molecule has 3 heterocycles. The van der Waals surface area contributed by atoms with Gasteiger partial charge < -0.3 is 14.6 Å². The molecule has 24 heavy (non-hydrogen) atoms. The molecule has 1 N–H and O–H groups in total. The van der Waals surface area contributed by atoms with E-state index in [2.05, 4.69) is 15.5 Å². The molecule has 10 heteroatoms. The molecule has 0 unspecified atom stereocenters. The average Bonchev–Trinajstić information content (AvgIpc) is 3.24. The Kier molecular flexibility index (Phi) is 5.46. The Morgan fingerprint density at radius 2 is 2.25 bits per heavy atom. The molecule has 0 bridgehead atoms. The number of nitrogens with zero attached hydrogens (tertiary/aromatic N) is 3. The number of carbonyl (C=O) groups excluding carboxylic acids is 1. The molecule has 1 aromatic heterocycles. The number of amides is 1. The van der Waals surface area contributed by atoms with E-state index in [1.165, 1.54) is 11.8 Å². The van der Waals surface area contributed by atoms with Gasteiger partial charge in [0.2, 0.25) is 5.91 Å². The van der Waals surface area contributed by atoms with Gasteiger partial charge in [0, 0.05) is 26.1 Å². The average molecular weight is 374 g/mol. The number of sulfone groups is 1. The van der Waals surface area contributed by atoms with Gasteiger partial charge in [0.1, 0.15) is 5.82 Å². The molecule has 2 fully saturated rings. The fourth-order valence-corrected chi connectivity index (χ4v) is 5.51. The quantitative estimate of drug-likeness (QED) is 0.705. The van der Waals surface area contributed by atoms with Gasteiger partial charge in [-0.2, -0.15) is 0 Å². The molecule has 8 nitrogen and oxygen atoms in total. The minimum absolute atomic E-state index is 0.0662. The Hall–Kier alpha value is -1.13. The summed E-state index contributed by atoms with van der Waals surface area (Å²) in [6.45, 7) is 1.32. The van der Waals surface area contributed by atoms with Crippen LogP contribution in [0.15, 0.2) is 5.16 Å².